The molecule has 0 saturated carbocycles. The van der Waals surface area contributed by atoms with E-state index in [1.54, 1.807) is 0 Å². The highest BCUT2D eigenvalue weighted by Gasteiger charge is 2.26. The van der Waals surface area contributed by atoms with Crippen molar-refractivity contribution in [1.29, 1.82) is 0 Å². The van der Waals surface area contributed by atoms with Gasteiger partial charge in [-0.25, -0.2) is 0 Å². The number of hydrogen-bond acceptors (Lipinski definition) is 4. The second-order valence-electron chi connectivity index (χ2n) is 2.61. The van der Waals surface area contributed by atoms with Crippen LogP contribution in [-0.2, 0) is 0 Å². The lowest BCUT2D eigenvalue weighted by atomic mass is 10.2. The molecule has 4 heteroatoms. The molecule has 4 nitrogen and oxygen atoms in total. The highest BCUT2D eigenvalue weighted by Crippen LogP contribution is 2.01. The molecule has 2 saturated heterocycles. The van der Waals surface area contributed by atoms with E-state index >= 15 is 0 Å². The Kier molecular flexibility index (Phi) is 1.86. The summed E-state index contributed by atoms with van der Waals surface area (Å²) in [6.45, 7) is 4.15. The quantitative estimate of drug-likeness (QED) is 0.321. The van der Waals surface area contributed by atoms with Crippen LogP contribution in [0.3, 0.4) is 0 Å². The Labute approximate surface area is 60.8 Å². The van der Waals surface area contributed by atoms with E-state index in [0.717, 1.165) is 26.2 Å². The first-order valence-corrected chi connectivity index (χ1v) is 3.78. The summed E-state index contributed by atoms with van der Waals surface area (Å²) in [5.74, 6) is 0. The van der Waals surface area contributed by atoms with Crippen LogP contribution >= 0.6 is 0 Å². The normalized spacial score (nSPS) is 30.0. The second-order valence-corrected chi connectivity index (χ2v) is 2.61. The Morgan fingerprint density at radius 2 is 1.50 bits per heavy atom. The minimum absolute atomic E-state index is 0.350. The molecular weight excluding hydrogens is 128 g/mol. The Bertz CT molecular complexity index is 90.3. The van der Waals surface area contributed by atoms with E-state index in [0.29, 0.717) is 6.17 Å². The Balaban J connectivity index is 1.93. The van der Waals surface area contributed by atoms with Gasteiger partial charge >= 0.3 is 0 Å². The molecule has 0 amide bonds. The van der Waals surface area contributed by atoms with Gasteiger partial charge in [-0.1, -0.05) is 0 Å². The molecule has 10 heavy (non-hydrogen) atoms. The third-order valence-corrected chi connectivity index (χ3v) is 1.87. The summed E-state index contributed by atoms with van der Waals surface area (Å²) in [7, 11) is 0. The van der Waals surface area contributed by atoms with Crippen molar-refractivity contribution in [1.82, 2.24) is 21.3 Å². The molecule has 0 bridgehead atoms. The van der Waals surface area contributed by atoms with Crippen molar-refractivity contribution in [3.8, 4) is 0 Å². The molecule has 2 fully saturated rings. The Hall–Kier alpha value is -0.160. The van der Waals surface area contributed by atoms with Crippen molar-refractivity contribution in [2.24, 2.45) is 0 Å². The third kappa shape index (κ3) is 1.15. The molecule has 1 radical (unpaired) electrons. The van der Waals surface area contributed by atoms with Gasteiger partial charge in [0.15, 0.2) is 0 Å². The lowest BCUT2D eigenvalue weighted by molar-refractivity contribution is 0.292. The number of nitrogens with one attached hydrogen (secondary N) is 4. The summed E-state index contributed by atoms with van der Waals surface area (Å²) in [5, 5.41) is 13.3. The van der Waals surface area contributed by atoms with Gasteiger partial charge in [0.1, 0.15) is 6.17 Å². The van der Waals surface area contributed by atoms with Gasteiger partial charge in [0, 0.05) is 26.2 Å². The minimum Gasteiger partial charge on any atom is -0.298 e. The van der Waals surface area contributed by atoms with Crippen LogP contribution < -0.4 is 21.3 Å². The first kappa shape index (κ1) is 6.54. The highest BCUT2D eigenvalue weighted by atomic mass is 15.3. The molecule has 2 rings (SSSR count). The second kappa shape index (κ2) is 2.84. The van der Waals surface area contributed by atoms with Crippen molar-refractivity contribution < 1.29 is 0 Å². The smallest absolute Gasteiger partial charge is 0.133 e. The molecule has 0 aliphatic carbocycles. The van der Waals surface area contributed by atoms with Crippen LogP contribution in [0.1, 0.15) is 0 Å². The molecule has 0 aromatic carbocycles. The van der Waals surface area contributed by atoms with Gasteiger partial charge < -0.3 is 0 Å². The summed E-state index contributed by atoms with van der Waals surface area (Å²) < 4.78 is 0. The average Bonchev–Trinajstić information content (AvgIpc) is 2.05. The summed E-state index contributed by atoms with van der Waals surface area (Å²) in [6.07, 6.45) is 1.56. The van der Waals surface area contributed by atoms with Gasteiger partial charge in [0.25, 0.3) is 0 Å². The SMILES string of the molecule is C1CNC2NCCN[C]2N1. The zero-order valence-electron chi connectivity index (χ0n) is 5.91. The van der Waals surface area contributed by atoms with Crippen molar-refractivity contribution in [3.05, 3.63) is 6.17 Å². The molecule has 2 aliphatic heterocycles. The predicted octanol–water partition coefficient (Wildman–Crippen LogP) is -1.81. The van der Waals surface area contributed by atoms with Gasteiger partial charge in [-0.05, 0) is 0 Å². The molecule has 0 aromatic rings. The van der Waals surface area contributed by atoms with Crippen molar-refractivity contribution in [3.63, 3.8) is 0 Å². The highest BCUT2D eigenvalue weighted by molar-refractivity contribution is 5.01. The van der Waals surface area contributed by atoms with E-state index < -0.39 is 0 Å². The fourth-order valence-corrected chi connectivity index (χ4v) is 1.37. The zero-order chi connectivity index (χ0) is 6.81. The molecule has 2 heterocycles. The minimum atomic E-state index is 0.350. The Morgan fingerprint density at radius 3 is 2.00 bits per heavy atom. The number of piperazine rings is 2. The summed E-state index contributed by atoms with van der Waals surface area (Å²) in [4.78, 5) is 0. The van der Waals surface area contributed by atoms with Crippen molar-refractivity contribution in [2.45, 2.75) is 6.17 Å². The average molecular weight is 141 g/mol. The number of hydrogen-bond donors (Lipinski definition) is 4. The molecule has 0 unspecified atom stereocenters. The third-order valence-electron chi connectivity index (χ3n) is 1.87. The molecular formula is C6H13N4. The predicted molar refractivity (Wildman–Crippen MR) is 39.0 cm³/mol. The van der Waals surface area contributed by atoms with Gasteiger partial charge in [0.05, 0.1) is 6.17 Å². The summed E-state index contributed by atoms with van der Waals surface area (Å²) in [6, 6.07) is 0. The van der Waals surface area contributed by atoms with Gasteiger partial charge in [0.2, 0.25) is 0 Å². The van der Waals surface area contributed by atoms with Crippen LogP contribution in [0.5, 0.6) is 0 Å². The standard InChI is InChI=1S/C6H13N4/c1-2-8-6-5(7-1)9-3-4-10-6/h5,7-10H,1-4H2. The first-order valence-electron chi connectivity index (χ1n) is 3.78. The first-order chi connectivity index (χ1) is 4.97. The van der Waals surface area contributed by atoms with E-state index in [4.69, 9.17) is 0 Å². The zero-order valence-corrected chi connectivity index (χ0v) is 5.91. The van der Waals surface area contributed by atoms with E-state index in [-0.39, 0.29) is 0 Å². The fraction of sp³-hybridized carbons (Fsp3) is 0.833. The lowest BCUT2D eigenvalue weighted by Crippen LogP contribution is -2.66. The van der Waals surface area contributed by atoms with Crippen LogP contribution in [0.4, 0.5) is 0 Å². The van der Waals surface area contributed by atoms with Crippen LogP contribution in [0.25, 0.3) is 0 Å². The fourth-order valence-electron chi connectivity index (χ4n) is 1.37. The maximum absolute atomic E-state index is 3.35. The van der Waals surface area contributed by atoms with Crippen molar-refractivity contribution >= 4 is 0 Å². The van der Waals surface area contributed by atoms with Crippen LogP contribution in [-0.4, -0.2) is 32.3 Å². The van der Waals surface area contributed by atoms with Crippen LogP contribution in [0.15, 0.2) is 0 Å². The number of fused-ring (bicyclic) bond motifs is 1. The van der Waals surface area contributed by atoms with Gasteiger partial charge in [-0.15, -0.1) is 0 Å². The molecule has 0 aromatic heterocycles. The van der Waals surface area contributed by atoms with E-state index in [2.05, 4.69) is 21.3 Å². The maximum Gasteiger partial charge on any atom is 0.133 e. The number of rotatable bonds is 0. The summed E-state index contributed by atoms with van der Waals surface area (Å²) in [5.41, 5.74) is 0. The monoisotopic (exact) mass is 141 g/mol. The van der Waals surface area contributed by atoms with Crippen LogP contribution in [0, 0.1) is 6.17 Å². The topological polar surface area (TPSA) is 48.1 Å². The Morgan fingerprint density at radius 1 is 0.900 bits per heavy atom. The molecule has 57 valence electrons. The molecule has 2 aliphatic rings. The van der Waals surface area contributed by atoms with E-state index in [9.17, 15) is 0 Å². The largest absolute Gasteiger partial charge is 0.298 e. The van der Waals surface area contributed by atoms with Gasteiger partial charge in [-0.2, -0.15) is 0 Å². The van der Waals surface area contributed by atoms with E-state index in [1.165, 1.54) is 6.17 Å². The molecule has 0 spiro atoms. The van der Waals surface area contributed by atoms with Gasteiger partial charge in [-0.3, -0.25) is 21.3 Å². The van der Waals surface area contributed by atoms with E-state index in [1.807, 2.05) is 0 Å². The van der Waals surface area contributed by atoms with Crippen molar-refractivity contribution in [2.75, 3.05) is 26.2 Å². The molecule has 0 atom stereocenters. The maximum atomic E-state index is 3.35. The lowest BCUT2D eigenvalue weighted by Gasteiger charge is -2.37. The molecule has 4 N–H and O–H groups in total. The van der Waals surface area contributed by atoms with Crippen LogP contribution in [0.2, 0.25) is 0 Å². The summed E-state index contributed by atoms with van der Waals surface area (Å²) >= 11 is 0.